The van der Waals surface area contributed by atoms with Crippen LogP contribution < -0.4 is 5.32 Å². The third-order valence-electron chi connectivity index (χ3n) is 3.48. The lowest BCUT2D eigenvalue weighted by Crippen LogP contribution is -2.46. The summed E-state index contributed by atoms with van der Waals surface area (Å²) in [4.78, 5) is 11.2. The van der Waals surface area contributed by atoms with E-state index in [1.165, 1.54) is 11.4 Å². The zero-order valence-electron chi connectivity index (χ0n) is 12.0. The molecular formula is C11H22N2O5S2. The van der Waals surface area contributed by atoms with Crippen molar-refractivity contribution in [3.05, 3.63) is 0 Å². The van der Waals surface area contributed by atoms with Crippen molar-refractivity contribution in [2.75, 3.05) is 25.9 Å². The van der Waals surface area contributed by atoms with Crippen molar-refractivity contribution in [3.63, 3.8) is 0 Å². The standard InChI is InChI=1S/C11H22N2O5S2/c1-9(2)20(17,18)13-6-4-10(5-7-13)19(15,16)8-11(14)12-3/h9-10H,4-8H2,1-3H3,(H,12,14). The van der Waals surface area contributed by atoms with Gasteiger partial charge in [0.1, 0.15) is 5.75 Å². The van der Waals surface area contributed by atoms with Crippen LogP contribution in [0.4, 0.5) is 0 Å². The molecule has 1 saturated heterocycles. The topological polar surface area (TPSA) is 101 Å². The first kappa shape index (κ1) is 17.4. The molecule has 1 aliphatic heterocycles. The number of carbonyl (C=O) groups excluding carboxylic acids is 1. The molecular weight excluding hydrogens is 304 g/mol. The highest BCUT2D eigenvalue weighted by Gasteiger charge is 2.35. The summed E-state index contributed by atoms with van der Waals surface area (Å²) in [5, 5.41) is 1.13. The van der Waals surface area contributed by atoms with Gasteiger partial charge < -0.3 is 5.32 Å². The van der Waals surface area contributed by atoms with Gasteiger partial charge in [0, 0.05) is 20.1 Å². The Morgan fingerprint density at radius 2 is 1.70 bits per heavy atom. The van der Waals surface area contributed by atoms with Crippen LogP contribution in [0.25, 0.3) is 0 Å². The number of nitrogens with one attached hydrogen (secondary N) is 1. The van der Waals surface area contributed by atoms with Crippen molar-refractivity contribution in [2.45, 2.75) is 37.2 Å². The summed E-state index contributed by atoms with van der Waals surface area (Å²) in [5.41, 5.74) is 0. The normalized spacial score (nSPS) is 19.2. The number of nitrogens with zero attached hydrogens (tertiary/aromatic N) is 1. The predicted molar refractivity (Wildman–Crippen MR) is 76.5 cm³/mol. The Labute approximate surface area is 120 Å². The molecule has 20 heavy (non-hydrogen) atoms. The minimum Gasteiger partial charge on any atom is -0.358 e. The molecule has 1 rings (SSSR count). The number of hydrogen-bond acceptors (Lipinski definition) is 5. The van der Waals surface area contributed by atoms with Crippen molar-refractivity contribution < 1.29 is 21.6 Å². The Kier molecular flexibility index (Phi) is 5.56. The molecule has 0 aromatic rings. The van der Waals surface area contributed by atoms with Crippen LogP contribution in [0.15, 0.2) is 0 Å². The fourth-order valence-electron chi connectivity index (χ4n) is 2.12. The van der Waals surface area contributed by atoms with Crippen LogP contribution in [0.2, 0.25) is 0 Å². The average Bonchev–Trinajstić information content (AvgIpc) is 2.38. The number of sulfonamides is 1. The molecule has 0 aromatic carbocycles. The fraction of sp³-hybridized carbons (Fsp3) is 0.909. The lowest BCUT2D eigenvalue weighted by molar-refractivity contribution is -0.118. The van der Waals surface area contributed by atoms with E-state index < -0.39 is 42.0 Å². The average molecular weight is 326 g/mol. The van der Waals surface area contributed by atoms with Gasteiger partial charge in [0.05, 0.1) is 10.5 Å². The van der Waals surface area contributed by atoms with E-state index >= 15 is 0 Å². The summed E-state index contributed by atoms with van der Waals surface area (Å²) in [6.45, 7) is 3.59. The van der Waals surface area contributed by atoms with E-state index in [0.717, 1.165) is 0 Å². The quantitative estimate of drug-likeness (QED) is 0.723. The molecule has 1 fully saturated rings. The number of amides is 1. The molecule has 0 saturated carbocycles. The van der Waals surface area contributed by atoms with E-state index in [2.05, 4.69) is 5.32 Å². The van der Waals surface area contributed by atoms with Crippen LogP contribution in [-0.4, -0.2) is 63.4 Å². The van der Waals surface area contributed by atoms with Crippen molar-refractivity contribution in [2.24, 2.45) is 0 Å². The molecule has 0 radical (unpaired) electrons. The summed E-state index contributed by atoms with van der Waals surface area (Å²) in [6, 6.07) is 0. The minimum absolute atomic E-state index is 0.193. The number of hydrogen-bond donors (Lipinski definition) is 1. The summed E-state index contributed by atoms with van der Waals surface area (Å²) < 4.78 is 49.3. The summed E-state index contributed by atoms with van der Waals surface area (Å²) in [7, 11) is -5.47. The third-order valence-corrected chi connectivity index (χ3v) is 7.90. The van der Waals surface area contributed by atoms with Crippen LogP contribution in [-0.2, 0) is 24.7 Å². The SMILES string of the molecule is CNC(=O)CS(=O)(=O)C1CCN(S(=O)(=O)C(C)C)CC1. The van der Waals surface area contributed by atoms with Gasteiger partial charge in [0.2, 0.25) is 15.9 Å². The van der Waals surface area contributed by atoms with Crippen molar-refractivity contribution in [3.8, 4) is 0 Å². The van der Waals surface area contributed by atoms with Crippen LogP contribution in [0.5, 0.6) is 0 Å². The maximum atomic E-state index is 12.0. The highest BCUT2D eigenvalue weighted by atomic mass is 32.2. The monoisotopic (exact) mass is 326 g/mol. The Morgan fingerprint density at radius 1 is 1.20 bits per heavy atom. The Bertz CT molecular complexity index is 545. The summed E-state index contributed by atoms with van der Waals surface area (Å²) in [6.07, 6.45) is 0.483. The molecule has 0 bridgehead atoms. The lowest BCUT2D eigenvalue weighted by Gasteiger charge is -2.31. The van der Waals surface area contributed by atoms with E-state index in [9.17, 15) is 21.6 Å². The van der Waals surface area contributed by atoms with Gasteiger partial charge in [-0.3, -0.25) is 4.79 Å². The van der Waals surface area contributed by atoms with E-state index in [4.69, 9.17) is 0 Å². The predicted octanol–water partition coefficient (Wildman–Crippen LogP) is -0.650. The van der Waals surface area contributed by atoms with E-state index in [-0.39, 0.29) is 25.9 Å². The summed E-state index contributed by atoms with van der Waals surface area (Å²) >= 11 is 0. The molecule has 7 nitrogen and oxygen atoms in total. The first-order chi connectivity index (χ1) is 9.11. The van der Waals surface area contributed by atoms with Gasteiger partial charge in [0.25, 0.3) is 0 Å². The van der Waals surface area contributed by atoms with Gasteiger partial charge in [-0.2, -0.15) is 0 Å². The van der Waals surface area contributed by atoms with Gasteiger partial charge in [-0.05, 0) is 26.7 Å². The van der Waals surface area contributed by atoms with E-state index in [0.29, 0.717) is 0 Å². The number of piperidine rings is 1. The number of sulfone groups is 1. The number of rotatable bonds is 5. The molecule has 0 aliphatic carbocycles. The first-order valence-electron chi connectivity index (χ1n) is 6.52. The Hall–Kier alpha value is -0.670. The lowest BCUT2D eigenvalue weighted by atomic mass is 10.2. The smallest absolute Gasteiger partial charge is 0.234 e. The maximum Gasteiger partial charge on any atom is 0.234 e. The number of carbonyl (C=O) groups is 1. The van der Waals surface area contributed by atoms with Crippen molar-refractivity contribution in [1.82, 2.24) is 9.62 Å². The van der Waals surface area contributed by atoms with Crippen LogP contribution in [0.3, 0.4) is 0 Å². The van der Waals surface area contributed by atoms with E-state index in [1.807, 2.05) is 0 Å². The molecule has 1 amide bonds. The molecule has 0 spiro atoms. The van der Waals surface area contributed by atoms with Crippen LogP contribution in [0.1, 0.15) is 26.7 Å². The maximum absolute atomic E-state index is 12.0. The molecule has 9 heteroatoms. The molecule has 0 atom stereocenters. The van der Waals surface area contributed by atoms with Gasteiger partial charge in [-0.1, -0.05) is 0 Å². The molecule has 1 heterocycles. The molecule has 0 aromatic heterocycles. The fourth-order valence-corrected chi connectivity index (χ4v) is 5.11. The zero-order valence-corrected chi connectivity index (χ0v) is 13.6. The van der Waals surface area contributed by atoms with Crippen molar-refractivity contribution in [1.29, 1.82) is 0 Å². The van der Waals surface area contributed by atoms with Crippen LogP contribution >= 0.6 is 0 Å². The molecule has 1 N–H and O–H groups in total. The minimum atomic E-state index is -3.52. The van der Waals surface area contributed by atoms with Gasteiger partial charge in [-0.15, -0.1) is 0 Å². The van der Waals surface area contributed by atoms with Crippen LogP contribution in [0, 0.1) is 0 Å². The van der Waals surface area contributed by atoms with Gasteiger partial charge in [0.15, 0.2) is 9.84 Å². The Morgan fingerprint density at radius 3 is 2.10 bits per heavy atom. The second kappa shape index (κ2) is 6.40. The molecule has 118 valence electrons. The second-order valence-electron chi connectivity index (χ2n) is 5.17. The molecule has 1 aliphatic rings. The highest BCUT2D eigenvalue weighted by Crippen LogP contribution is 2.22. The second-order valence-corrected chi connectivity index (χ2v) is 9.94. The third kappa shape index (κ3) is 3.92. The summed E-state index contributed by atoms with van der Waals surface area (Å²) in [5.74, 6) is -1.08. The molecule has 0 unspecified atom stereocenters. The van der Waals surface area contributed by atoms with Gasteiger partial charge in [-0.25, -0.2) is 21.1 Å². The largest absolute Gasteiger partial charge is 0.358 e. The van der Waals surface area contributed by atoms with Gasteiger partial charge >= 0.3 is 0 Å². The highest BCUT2D eigenvalue weighted by molar-refractivity contribution is 7.92. The zero-order chi connectivity index (χ0) is 15.6. The first-order valence-corrected chi connectivity index (χ1v) is 9.74. The van der Waals surface area contributed by atoms with E-state index in [1.54, 1.807) is 13.8 Å². The van der Waals surface area contributed by atoms with Crippen molar-refractivity contribution >= 4 is 25.8 Å². The Balaban J connectivity index is 2.70.